The van der Waals surface area contributed by atoms with Gasteiger partial charge in [-0.2, -0.15) is 0 Å². The molecule has 0 aromatic rings. The number of carbonyl (C=O) groups is 2. The number of ether oxygens (including phenoxy) is 2. The SMILES string of the molecule is CCCCOC(=O)CC(C(=O)OCCCC)N(CCC)[Si](OCC)(OCC)OCC. The highest BCUT2D eigenvalue weighted by Crippen LogP contribution is 2.23. The molecule has 0 aliphatic carbocycles. The van der Waals surface area contributed by atoms with E-state index in [9.17, 15) is 9.59 Å². The molecule has 30 heavy (non-hydrogen) atoms. The first-order valence-electron chi connectivity index (χ1n) is 11.5. The summed E-state index contributed by atoms with van der Waals surface area (Å²) in [4.78, 5) is 25.6. The maximum absolute atomic E-state index is 13.0. The van der Waals surface area contributed by atoms with Gasteiger partial charge in [-0.05, 0) is 46.6 Å². The highest BCUT2D eigenvalue weighted by Gasteiger charge is 2.53. The molecule has 0 bridgehead atoms. The van der Waals surface area contributed by atoms with Gasteiger partial charge in [0.05, 0.1) is 19.6 Å². The van der Waals surface area contributed by atoms with E-state index in [1.807, 2.05) is 41.5 Å². The predicted octanol–water partition coefficient (Wildman–Crippen LogP) is 3.69. The van der Waals surface area contributed by atoms with Gasteiger partial charge in [-0.25, -0.2) is 4.57 Å². The normalized spacial score (nSPS) is 12.8. The van der Waals surface area contributed by atoms with E-state index in [2.05, 4.69) is 0 Å². The Hall–Kier alpha value is -1.00. The Morgan fingerprint density at radius 1 is 0.767 bits per heavy atom. The van der Waals surface area contributed by atoms with E-state index in [1.54, 1.807) is 4.57 Å². The second-order valence-electron chi connectivity index (χ2n) is 6.83. The summed E-state index contributed by atoms with van der Waals surface area (Å²) in [6, 6.07) is -0.882. The van der Waals surface area contributed by atoms with Crippen molar-refractivity contribution in [2.75, 3.05) is 39.6 Å². The predicted molar refractivity (Wildman–Crippen MR) is 118 cm³/mol. The molecule has 0 saturated heterocycles. The van der Waals surface area contributed by atoms with E-state index in [-0.39, 0.29) is 6.42 Å². The molecule has 0 radical (unpaired) electrons. The van der Waals surface area contributed by atoms with Gasteiger partial charge in [-0.15, -0.1) is 0 Å². The first kappa shape index (κ1) is 29.0. The van der Waals surface area contributed by atoms with Crippen LogP contribution >= 0.6 is 0 Å². The summed E-state index contributed by atoms with van der Waals surface area (Å²) in [6.07, 6.45) is 3.98. The van der Waals surface area contributed by atoms with Crippen LogP contribution in [0, 0.1) is 0 Å². The van der Waals surface area contributed by atoms with Crippen LogP contribution in [0.2, 0.25) is 0 Å². The lowest BCUT2D eigenvalue weighted by Crippen LogP contribution is -2.66. The van der Waals surface area contributed by atoms with Crippen LogP contribution in [0.15, 0.2) is 0 Å². The molecule has 0 N–H and O–H groups in total. The van der Waals surface area contributed by atoms with Crippen molar-refractivity contribution in [1.82, 2.24) is 4.57 Å². The molecule has 0 saturated carbocycles. The molecule has 0 aromatic heterocycles. The molecular weight excluding hydrogens is 406 g/mol. The third-order valence-corrected chi connectivity index (χ3v) is 7.51. The van der Waals surface area contributed by atoms with Crippen LogP contribution in [0.1, 0.15) is 80.1 Å². The summed E-state index contributed by atoms with van der Waals surface area (Å²) in [6.45, 7) is 13.8. The number of hydrogen-bond donors (Lipinski definition) is 0. The van der Waals surface area contributed by atoms with Gasteiger partial charge in [0.25, 0.3) is 0 Å². The van der Waals surface area contributed by atoms with Gasteiger partial charge in [0.1, 0.15) is 6.04 Å². The van der Waals surface area contributed by atoms with Crippen LogP contribution in [0.25, 0.3) is 0 Å². The van der Waals surface area contributed by atoms with Gasteiger partial charge < -0.3 is 22.8 Å². The van der Waals surface area contributed by atoms with Gasteiger partial charge in [0, 0.05) is 19.8 Å². The van der Waals surface area contributed by atoms with E-state index in [0.29, 0.717) is 39.6 Å². The summed E-state index contributed by atoms with van der Waals surface area (Å²) in [5, 5.41) is 0. The van der Waals surface area contributed by atoms with E-state index < -0.39 is 26.9 Å². The molecule has 1 unspecified atom stereocenters. The van der Waals surface area contributed by atoms with Crippen molar-refractivity contribution < 1.29 is 32.3 Å². The van der Waals surface area contributed by atoms with Crippen LogP contribution in [0.3, 0.4) is 0 Å². The zero-order valence-electron chi connectivity index (χ0n) is 19.9. The quantitative estimate of drug-likeness (QED) is 0.168. The average Bonchev–Trinajstić information content (AvgIpc) is 2.71. The average molecular weight is 450 g/mol. The third kappa shape index (κ3) is 10.3. The zero-order chi connectivity index (χ0) is 22.8. The largest absolute Gasteiger partial charge is 0.600 e. The van der Waals surface area contributed by atoms with Gasteiger partial charge >= 0.3 is 20.9 Å². The Bertz CT molecular complexity index is 448. The molecule has 8 nitrogen and oxygen atoms in total. The Kier molecular flexibility index (Phi) is 17.1. The van der Waals surface area contributed by atoms with Crippen LogP contribution in [0.4, 0.5) is 0 Å². The highest BCUT2D eigenvalue weighted by molar-refractivity contribution is 6.58. The lowest BCUT2D eigenvalue weighted by molar-refractivity contribution is -0.157. The van der Waals surface area contributed by atoms with Gasteiger partial charge in [0.15, 0.2) is 0 Å². The second kappa shape index (κ2) is 17.7. The molecular formula is C21H43NO7Si. The Balaban J connectivity index is 5.86. The molecule has 1 atom stereocenters. The second-order valence-corrected chi connectivity index (χ2v) is 9.32. The summed E-state index contributed by atoms with van der Waals surface area (Å²) in [7, 11) is -3.40. The first-order valence-corrected chi connectivity index (χ1v) is 13.1. The zero-order valence-corrected chi connectivity index (χ0v) is 20.9. The minimum absolute atomic E-state index is 0.128. The van der Waals surface area contributed by atoms with Gasteiger partial charge in [-0.3, -0.25) is 9.59 Å². The van der Waals surface area contributed by atoms with E-state index in [4.69, 9.17) is 22.8 Å². The maximum Gasteiger partial charge on any atom is 0.600 e. The van der Waals surface area contributed by atoms with Gasteiger partial charge in [0.2, 0.25) is 0 Å². The number of unbranched alkanes of at least 4 members (excludes halogenated alkanes) is 2. The van der Waals surface area contributed by atoms with Crippen molar-refractivity contribution in [3.05, 3.63) is 0 Å². The molecule has 0 amide bonds. The van der Waals surface area contributed by atoms with Crippen molar-refractivity contribution >= 4 is 20.9 Å². The molecule has 0 spiro atoms. The van der Waals surface area contributed by atoms with Crippen LogP contribution in [0.5, 0.6) is 0 Å². The van der Waals surface area contributed by atoms with Crippen LogP contribution in [-0.2, 0) is 32.3 Å². The lowest BCUT2D eigenvalue weighted by atomic mass is 10.2. The number of nitrogens with zero attached hydrogens (tertiary/aromatic N) is 1. The number of hydrogen-bond acceptors (Lipinski definition) is 8. The Morgan fingerprint density at radius 3 is 1.70 bits per heavy atom. The van der Waals surface area contributed by atoms with Crippen molar-refractivity contribution in [3.8, 4) is 0 Å². The number of esters is 2. The first-order chi connectivity index (χ1) is 14.5. The van der Waals surface area contributed by atoms with Crippen LogP contribution < -0.4 is 0 Å². The Morgan fingerprint density at radius 2 is 1.27 bits per heavy atom. The van der Waals surface area contributed by atoms with E-state index in [0.717, 1.165) is 32.1 Å². The molecule has 0 fully saturated rings. The fourth-order valence-corrected chi connectivity index (χ4v) is 5.84. The van der Waals surface area contributed by atoms with E-state index in [1.165, 1.54) is 0 Å². The molecule has 0 heterocycles. The smallest absolute Gasteiger partial charge is 0.466 e. The lowest BCUT2D eigenvalue weighted by Gasteiger charge is -2.40. The minimum Gasteiger partial charge on any atom is -0.466 e. The Labute approximate surface area is 184 Å². The molecule has 0 aliphatic rings. The summed E-state index contributed by atoms with van der Waals surface area (Å²) >= 11 is 0. The van der Waals surface area contributed by atoms with Crippen molar-refractivity contribution in [3.63, 3.8) is 0 Å². The van der Waals surface area contributed by atoms with E-state index >= 15 is 0 Å². The van der Waals surface area contributed by atoms with Crippen molar-refractivity contribution in [2.45, 2.75) is 86.1 Å². The summed E-state index contributed by atoms with van der Waals surface area (Å²) < 4.78 is 30.7. The summed E-state index contributed by atoms with van der Waals surface area (Å²) in [5.74, 6) is -0.908. The minimum atomic E-state index is -3.40. The molecule has 9 heteroatoms. The molecule has 0 aromatic carbocycles. The topological polar surface area (TPSA) is 83.5 Å². The molecule has 0 aliphatic heterocycles. The fraction of sp³-hybridized carbons (Fsp3) is 0.905. The summed E-state index contributed by atoms with van der Waals surface area (Å²) in [5.41, 5.74) is 0. The molecule has 178 valence electrons. The maximum atomic E-state index is 13.0. The molecule has 0 rings (SSSR count). The monoisotopic (exact) mass is 449 g/mol. The number of carbonyl (C=O) groups excluding carboxylic acids is 2. The van der Waals surface area contributed by atoms with Crippen molar-refractivity contribution in [1.29, 1.82) is 0 Å². The fourth-order valence-electron chi connectivity index (χ4n) is 2.93. The van der Waals surface area contributed by atoms with Gasteiger partial charge in [-0.1, -0.05) is 33.6 Å². The number of rotatable bonds is 19. The van der Waals surface area contributed by atoms with Crippen LogP contribution in [-0.4, -0.2) is 71.1 Å². The highest BCUT2D eigenvalue weighted by atomic mass is 28.4. The third-order valence-electron chi connectivity index (χ3n) is 4.31. The van der Waals surface area contributed by atoms with Crippen molar-refractivity contribution in [2.24, 2.45) is 0 Å². The standard InChI is InChI=1S/C21H43NO7Si/c1-7-13-16-25-20(23)18-19(21(24)26-17-14-8-2)22(15-9-3)30(27-10-4,28-11-5)29-12-6/h19H,7-18H2,1-6H3.